The number of likely N-dealkylation sites (N-methyl/N-ethyl adjacent to an activating group) is 1. The van der Waals surface area contributed by atoms with Crippen LogP contribution in [0.5, 0.6) is 5.75 Å². The maximum Gasteiger partial charge on any atom is 0.266 e. The van der Waals surface area contributed by atoms with Crippen LogP contribution >= 0.6 is 0 Å². The van der Waals surface area contributed by atoms with Crippen LogP contribution in [0.15, 0.2) is 42.4 Å². The zero-order chi connectivity index (χ0) is 26.4. The minimum Gasteiger partial charge on any atom is -0.480 e. The molecule has 3 N–H and O–H groups in total. The third kappa shape index (κ3) is 4.45. The largest absolute Gasteiger partial charge is 0.480 e. The van der Waals surface area contributed by atoms with Crippen LogP contribution in [0.1, 0.15) is 32.3 Å². The number of aromatic nitrogens is 3. The van der Waals surface area contributed by atoms with Crippen molar-refractivity contribution in [3.8, 4) is 5.75 Å². The Morgan fingerprint density at radius 3 is 2.79 bits per heavy atom. The first kappa shape index (κ1) is 24.6. The molecular formula is C27H35N9O2. The van der Waals surface area contributed by atoms with Gasteiger partial charge in [-0.05, 0) is 58.0 Å². The molecule has 0 radical (unpaired) electrons. The molecule has 4 aliphatic rings. The zero-order valence-electron chi connectivity index (χ0n) is 22.4. The summed E-state index contributed by atoms with van der Waals surface area (Å²) in [4.78, 5) is 32.9. The number of anilines is 4. The summed E-state index contributed by atoms with van der Waals surface area (Å²) in [6, 6.07) is 4.89. The van der Waals surface area contributed by atoms with Gasteiger partial charge >= 0.3 is 0 Å². The van der Waals surface area contributed by atoms with E-state index in [-0.39, 0.29) is 18.2 Å². The molecular weight excluding hydrogens is 482 g/mol. The van der Waals surface area contributed by atoms with E-state index in [2.05, 4.69) is 61.8 Å². The van der Waals surface area contributed by atoms with Crippen molar-refractivity contribution in [2.45, 2.75) is 51.4 Å². The summed E-state index contributed by atoms with van der Waals surface area (Å²) >= 11 is 0. The Hall–Kier alpha value is -3.70. The molecule has 2 fully saturated rings. The average molecular weight is 518 g/mol. The lowest BCUT2D eigenvalue weighted by atomic mass is 10.1. The van der Waals surface area contributed by atoms with E-state index in [4.69, 9.17) is 9.72 Å². The number of nitrogens with zero attached hydrogens (tertiary/aromatic N) is 6. The normalized spacial score (nSPS) is 26.6. The van der Waals surface area contributed by atoms with E-state index in [1.165, 1.54) is 6.42 Å². The number of rotatable bonds is 7. The molecule has 2 bridgehead atoms. The van der Waals surface area contributed by atoms with Gasteiger partial charge in [-0.25, -0.2) is 9.97 Å². The Labute approximate surface area is 223 Å². The van der Waals surface area contributed by atoms with E-state index in [1.54, 1.807) is 11.1 Å². The van der Waals surface area contributed by atoms with Gasteiger partial charge in [-0.15, -0.1) is 0 Å². The van der Waals surface area contributed by atoms with Crippen LogP contribution in [0.3, 0.4) is 0 Å². The van der Waals surface area contributed by atoms with E-state index in [0.717, 1.165) is 30.8 Å². The number of carbonyl (C=O) groups excluding carboxylic acids is 1. The molecule has 3 atom stereocenters. The fourth-order valence-electron chi connectivity index (χ4n) is 5.74. The van der Waals surface area contributed by atoms with Gasteiger partial charge in [-0.2, -0.15) is 4.98 Å². The van der Waals surface area contributed by atoms with Crippen molar-refractivity contribution in [2.24, 2.45) is 0 Å². The van der Waals surface area contributed by atoms with Crippen molar-refractivity contribution >= 4 is 29.3 Å². The lowest BCUT2D eigenvalue weighted by Gasteiger charge is -2.45. The number of fused-ring (bicyclic) bond motifs is 3. The molecule has 2 aromatic heterocycles. The lowest BCUT2D eigenvalue weighted by molar-refractivity contribution is -0.121. The van der Waals surface area contributed by atoms with Crippen molar-refractivity contribution in [3.05, 3.63) is 47.9 Å². The molecule has 6 rings (SSSR count). The molecule has 0 aromatic carbocycles. The molecule has 3 unspecified atom stereocenters. The Balaban J connectivity index is 1.15. The molecule has 11 nitrogen and oxygen atoms in total. The van der Waals surface area contributed by atoms with Gasteiger partial charge < -0.3 is 25.6 Å². The topological polar surface area (TPSA) is 111 Å². The molecule has 0 spiro atoms. The first-order valence-electron chi connectivity index (χ1n) is 13.3. The summed E-state index contributed by atoms with van der Waals surface area (Å²) in [6.45, 7) is 9.03. The Kier molecular flexibility index (Phi) is 6.19. The number of likely N-dealkylation sites (tertiary alicyclic amines) is 2. The van der Waals surface area contributed by atoms with Gasteiger partial charge in [0.05, 0.1) is 5.70 Å². The number of nitrogens with one attached hydrogen (secondary N) is 3. The highest BCUT2D eigenvalue weighted by molar-refractivity contribution is 5.96. The van der Waals surface area contributed by atoms with Gasteiger partial charge in [0.25, 0.3) is 5.91 Å². The van der Waals surface area contributed by atoms with E-state index < -0.39 is 0 Å². The molecule has 2 saturated heterocycles. The van der Waals surface area contributed by atoms with E-state index in [9.17, 15) is 4.79 Å². The maximum absolute atomic E-state index is 12.4. The maximum atomic E-state index is 12.4. The number of hydrogen-bond donors (Lipinski definition) is 3. The summed E-state index contributed by atoms with van der Waals surface area (Å²) in [5.41, 5.74) is 1.55. The van der Waals surface area contributed by atoms with E-state index in [0.29, 0.717) is 47.8 Å². The van der Waals surface area contributed by atoms with Gasteiger partial charge in [0.1, 0.15) is 17.3 Å². The van der Waals surface area contributed by atoms with Crippen molar-refractivity contribution in [1.29, 1.82) is 0 Å². The summed E-state index contributed by atoms with van der Waals surface area (Å²) in [6.07, 6.45) is 10.1. The molecule has 1 amide bonds. The quantitative estimate of drug-likeness (QED) is 0.507. The predicted octanol–water partition coefficient (Wildman–Crippen LogP) is 2.58. The number of ether oxygens (including phenoxy) is 1. The number of carbonyl (C=O) groups is 1. The molecule has 200 valence electrons. The predicted molar refractivity (Wildman–Crippen MR) is 146 cm³/mol. The van der Waals surface area contributed by atoms with Crippen molar-refractivity contribution in [1.82, 2.24) is 30.1 Å². The number of pyridine rings is 1. The van der Waals surface area contributed by atoms with Crippen molar-refractivity contribution in [3.63, 3.8) is 0 Å². The second kappa shape index (κ2) is 9.55. The van der Waals surface area contributed by atoms with Crippen LogP contribution in [-0.4, -0.2) is 81.7 Å². The van der Waals surface area contributed by atoms with Gasteiger partial charge in [0.15, 0.2) is 18.2 Å². The fraction of sp³-hybridized carbons (Fsp3) is 0.481. The molecule has 0 saturated carbocycles. The first-order chi connectivity index (χ1) is 18.3. The third-order valence-corrected chi connectivity index (χ3v) is 7.89. The molecule has 6 heterocycles. The SMILES string of the molecule is CCCN1C(=O)COc2ccc(Nc3nc(NC4=CNC(C)(N5CC6CC5CN6C)C=C4)ncc3C)nc21. The summed E-state index contributed by atoms with van der Waals surface area (Å²) in [7, 11) is 2.22. The number of piperazine rings is 1. The molecule has 0 aliphatic carbocycles. The first-order valence-corrected chi connectivity index (χ1v) is 13.3. The van der Waals surface area contributed by atoms with Crippen LogP contribution in [-0.2, 0) is 4.79 Å². The number of allylic oxidation sites excluding steroid dienone is 1. The second-order valence-electron chi connectivity index (χ2n) is 10.7. The standard InChI is InChI=1S/C27H35N9O2/c1-5-10-35-23(37)16-38-21-6-7-22(32-25(21)35)31-24-17(2)12-28-26(33-24)30-18-8-9-27(3,29-13-18)36-15-19-11-20(36)14-34(19)4/h6-9,12-13,19-20,29H,5,10-11,14-16H2,1-4H3,(H2,28,30,31,32,33). The monoisotopic (exact) mass is 517 g/mol. The number of aryl methyl sites for hydroxylation is 1. The summed E-state index contributed by atoms with van der Waals surface area (Å²) < 4.78 is 5.57. The fourth-order valence-corrected chi connectivity index (χ4v) is 5.74. The van der Waals surface area contributed by atoms with Crippen molar-refractivity contribution < 1.29 is 9.53 Å². The smallest absolute Gasteiger partial charge is 0.266 e. The van der Waals surface area contributed by atoms with E-state index in [1.807, 2.05) is 32.2 Å². The highest BCUT2D eigenvalue weighted by Gasteiger charge is 2.47. The minimum absolute atomic E-state index is 0.0380. The number of hydrogen-bond acceptors (Lipinski definition) is 10. The number of amides is 1. The molecule has 11 heteroatoms. The number of dihydropyridines is 1. The zero-order valence-corrected chi connectivity index (χ0v) is 22.4. The second-order valence-corrected chi connectivity index (χ2v) is 10.7. The van der Waals surface area contributed by atoms with Crippen LogP contribution < -0.4 is 25.6 Å². The van der Waals surface area contributed by atoms with Crippen LogP contribution in [0.4, 0.5) is 23.4 Å². The Bertz CT molecular complexity index is 1310. The highest BCUT2D eigenvalue weighted by Crippen LogP contribution is 2.36. The highest BCUT2D eigenvalue weighted by atomic mass is 16.5. The van der Waals surface area contributed by atoms with Gasteiger partial charge in [-0.3, -0.25) is 14.6 Å². The molecule has 38 heavy (non-hydrogen) atoms. The van der Waals surface area contributed by atoms with Crippen LogP contribution in [0.2, 0.25) is 0 Å². The minimum atomic E-state index is -0.207. The average Bonchev–Trinajstić information content (AvgIpc) is 3.50. The van der Waals surface area contributed by atoms with Crippen LogP contribution in [0.25, 0.3) is 0 Å². The molecule has 2 aromatic rings. The van der Waals surface area contributed by atoms with Crippen LogP contribution in [0, 0.1) is 6.92 Å². The van der Waals surface area contributed by atoms with E-state index >= 15 is 0 Å². The third-order valence-electron chi connectivity index (χ3n) is 7.89. The van der Waals surface area contributed by atoms with Gasteiger partial charge in [0, 0.05) is 49.7 Å². The van der Waals surface area contributed by atoms with Crippen molar-refractivity contribution in [2.75, 3.05) is 48.8 Å². The summed E-state index contributed by atoms with van der Waals surface area (Å²) in [5.74, 6) is 2.74. The Morgan fingerprint density at radius 2 is 2.08 bits per heavy atom. The Morgan fingerprint density at radius 1 is 1.21 bits per heavy atom. The molecule has 4 aliphatic heterocycles. The van der Waals surface area contributed by atoms with Gasteiger partial charge in [-0.1, -0.05) is 6.92 Å². The summed E-state index contributed by atoms with van der Waals surface area (Å²) in [5, 5.41) is 10.2. The lowest BCUT2D eigenvalue weighted by Crippen LogP contribution is -2.60. The van der Waals surface area contributed by atoms with Gasteiger partial charge in [0.2, 0.25) is 5.95 Å².